The first-order valence-electron chi connectivity index (χ1n) is 6.07. The van der Waals surface area contributed by atoms with Crippen LogP contribution in [0.3, 0.4) is 0 Å². The van der Waals surface area contributed by atoms with Crippen LogP contribution >= 0.6 is 27.3 Å². The van der Waals surface area contributed by atoms with Crippen LogP contribution in [0.5, 0.6) is 5.75 Å². The molecular weight excluding hydrogens is 324 g/mol. The molecule has 19 heavy (non-hydrogen) atoms. The number of alkyl halides is 1. The van der Waals surface area contributed by atoms with Crippen molar-refractivity contribution in [2.45, 2.75) is 38.1 Å². The summed E-state index contributed by atoms with van der Waals surface area (Å²) in [6.45, 7) is 6.98. The SMILES string of the molecule is CC(C)(C)c1csc(COc2ccc(CBr)nc2)n1. The third-order valence-corrected chi connectivity index (χ3v) is 4.01. The van der Waals surface area contributed by atoms with Gasteiger partial charge in [0.25, 0.3) is 0 Å². The van der Waals surface area contributed by atoms with Crippen LogP contribution in [-0.2, 0) is 17.4 Å². The van der Waals surface area contributed by atoms with Crippen molar-refractivity contribution in [2.75, 3.05) is 0 Å². The first kappa shape index (κ1) is 14.5. The number of halogens is 1. The Morgan fingerprint density at radius 3 is 2.63 bits per heavy atom. The lowest BCUT2D eigenvalue weighted by Gasteiger charge is -2.14. The number of hydrogen-bond donors (Lipinski definition) is 0. The third kappa shape index (κ3) is 4.01. The van der Waals surface area contributed by atoms with Gasteiger partial charge in [0, 0.05) is 16.1 Å². The first-order chi connectivity index (χ1) is 8.99. The molecule has 2 aromatic heterocycles. The van der Waals surface area contributed by atoms with E-state index in [1.807, 2.05) is 12.1 Å². The van der Waals surface area contributed by atoms with E-state index in [2.05, 4.69) is 52.0 Å². The summed E-state index contributed by atoms with van der Waals surface area (Å²) in [7, 11) is 0. The van der Waals surface area contributed by atoms with Crippen LogP contribution in [0, 0.1) is 0 Å². The molecule has 0 bridgehead atoms. The van der Waals surface area contributed by atoms with Crippen molar-refractivity contribution in [2.24, 2.45) is 0 Å². The van der Waals surface area contributed by atoms with Gasteiger partial charge in [-0.1, -0.05) is 36.7 Å². The van der Waals surface area contributed by atoms with Crippen LogP contribution in [0.15, 0.2) is 23.7 Å². The second kappa shape index (κ2) is 6.01. The number of rotatable bonds is 4. The van der Waals surface area contributed by atoms with E-state index < -0.39 is 0 Å². The zero-order valence-electron chi connectivity index (χ0n) is 11.3. The summed E-state index contributed by atoms with van der Waals surface area (Å²) in [5.41, 5.74) is 2.20. The Balaban J connectivity index is 1.96. The Bertz CT molecular complexity index is 531. The van der Waals surface area contributed by atoms with Gasteiger partial charge in [-0.2, -0.15) is 0 Å². The first-order valence-corrected chi connectivity index (χ1v) is 8.08. The van der Waals surface area contributed by atoms with Crippen molar-refractivity contribution in [1.82, 2.24) is 9.97 Å². The fraction of sp³-hybridized carbons (Fsp3) is 0.429. The number of pyridine rings is 1. The molecule has 0 radical (unpaired) electrons. The van der Waals surface area contributed by atoms with Gasteiger partial charge < -0.3 is 4.74 Å². The van der Waals surface area contributed by atoms with E-state index in [9.17, 15) is 0 Å². The number of hydrogen-bond acceptors (Lipinski definition) is 4. The zero-order valence-corrected chi connectivity index (χ0v) is 13.7. The van der Waals surface area contributed by atoms with Crippen LogP contribution in [0.2, 0.25) is 0 Å². The number of thiazole rings is 1. The third-order valence-electron chi connectivity index (χ3n) is 2.62. The quantitative estimate of drug-likeness (QED) is 0.778. The summed E-state index contributed by atoms with van der Waals surface area (Å²) in [5, 5.41) is 3.86. The molecule has 0 aliphatic carbocycles. The maximum absolute atomic E-state index is 5.69. The van der Waals surface area contributed by atoms with Gasteiger partial charge in [0.2, 0.25) is 0 Å². The van der Waals surface area contributed by atoms with Gasteiger partial charge in [0.05, 0.1) is 17.6 Å². The Morgan fingerprint density at radius 1 is 1.32 bits per heavy atom. The summed E-state index contributed by atoms with van der Waals surface area (Å²) in [5.74, 6) is 0.775. The number of nitrogens with zero attached hydrogens (tertiary/aromatic N) is 2. The van der Waals surface area contributed by atoms with Crippen LogP contribution in [0.4, 0.5) is 0 Å². The lowest BCUT2D eigenvalue weighted by molar-refractivity contribution is 0.303. The van der Waals surface area contributed by atoms with Crippen LogP contribution in [-0.4, -0.2) is 9.97 Å². The monoisotopic (exact) mass is 340 g/mol. The van der Waals surface area contributed by atoms with E-state index in [1.165, 1.54) is 0 Å². The summed E-state index contributed by atoms with van der Waals surface area (Å²) < 4.78 is 5.69. The minimum atomic E-state index is 0.0911. The van der Waals surface area contributed by atoms with Crippen LogP contribution in [0.1, 0.15) is 37.2 Å². The second-order valence-electron chi connectivity index (χ2n) is 5.28. The number of ether oxygens (including phenoxy) is 1. The molecule has 0 aliphatic rings. The average molecular weight is 341 g/mol. The van der Waals surface area contributed by atoms with Gasteiger partial charge in [0.15, 0.2) is 0 Å². The topological polar surface area (TPSA) is 35.0 Å². The second-order valence-corrected chi connectivity index (χ2v) is 6.79. The fourth-order valence-electron chi connectivity index (χ4n) is 1.44. The van der Waals surface area contributed by atoms with Crippen LogP contribution < -0.4 is 4.74 Å². The molecule has 0 saturated carbocycles. The van der Waals surface area contributed by atoms with Crippen molar-refractivity contribution in [1.29, 1.82) is 0 Å². The molecule has 102 valence electrons. The lowest BCUT2D eigenvalue weighted by Crippen LogP contribution is -2.11. The summed E-state index contributed by atoms with van der Waals surface area (Å²) in [6.07, 6.45) is 1.74. The molecule has 3 nitrogen and oxygen atoms in total. The smallest absolute Gasteiger partial charge is 0.140 e. The molecular formula is C14H17BrN2OS. The van der Waals surface area contributed by atoms with E-state index in [1.54, 1.807) is 17.5 Å². The van der Waals surface area contributed by atoms with Crippen molar-refractivity contribution in [3.63, 3.8) is 0 Å². The highest BCUT2D eigenvalue weighted by Gasteiger charge is 2.17. The van der Waals surface area contributed by atoms with Gasteiger partial charge in [-0.05, 0) is 12.1 Å². The molecule has 5 heteroatoms. The van der Waals surface area contributed by atoms with Gasteiger partial charge in [-0.3, -0.25) is 4.98 Å². The van der Waals surface area contributed by atoms with Crippen molar-refractivity contribution < 1.29 is 4.74 Å². The molecule has 0 N–H and O–H groups in total. The van der Waals surface area contributed by atoms with Crippen molar-refractivity contribution >= 4 is 27.3 Å². The molecule has 2 rings (SSSR count). The Morgan fingerprint density at radius 2 is 2.11 bits per heavy atom. The van der Waals surface area contributed by atoms with Gasteiger partial charge in [0.1, 0.15) is 17.4 Å². The van der Waals surface area contributed by atoms with Gasteiger partial charge in [-0.15, -0.1) is 11.3 Å². The van der Waals surface area contributed by atoms with Crippen molar-refractivity contribution in [3.05, 3.63) is 40.1 Å². The molecule has 0 unspecified atom stereocenters. The predicted molar refractivity (Wildman–Crippen MR) is 82.0 cm³/mol. The van der Waals surface area contributed by atoms with Crippen LogP contribution in [0.25, 0.3) is 0 Å². The highest BCUT2D eigenvalue weighted by molar-refractivity contribution is 9.08. The Labute approximate surface area is 126 Å². The largest absolute Gasteiger partial charge is 0.485 e. The minimum Gasteiger partial charge on any atom is -0.485 e. The molecule has 0 amide bonds. The van der Waals surface area contributed by atoms with E-state index in [4.69, 9.17) is 4.74 Å². The molecule has 0 fully saturated rings. The minimum absolute atomic E-state index is 0.0911. The molecule has 2 aromatic rings. The van der Waals surface area contributed by atoms with E-state index in [0.29, 0.717) is 6.61 Å². The highest BCUT2D eigenvalue weighted by atomic mass is 79.9. The van der Waals surface area contributed by atoms with Gasteiger partial charge in [-0.25, -0.2) is 4.98 Å². The van der Waals surface area contributed by atoms with E-state index in [0.717, 1.165) is 27.5 Å². The van der Waals surface area contributed by atoms with E-state index >= 15 is 0 Å². The Hall–Kier alpha value is -0.940. The van der Waals surface area contributed by atoms with Crippen molar-refractivity contribution in [3.8, 4) is 5.75 Å². The maximum Gasteiger partial charge on any atom is 0.140 e. The maximum atomic E-state index is 5.69. The molecule has 0 spiro atoms. The Kier molecular flexibility index (Phi) is 4.58. The molecule has 0 aromatic carbocycles. The standard InChI is InChI=1S/C14H17BrN2OS/c1-14(2,3)12-9-19-13(17-12)8-18-11-5-4-10(6-15)16-7-11/h4-5,7,9H,6,8H2,1-3H3. The average Bonchev–Trinajstić information content (AvgIpc) is 2.86. The summed E-state index contributed by atoms with van der Waals surface area (Å²) >= 11 is 5.01. The normalized spacial score (nSPS) is 11.6. The van der Waals surface area contributed by atoms with E-state index in [-0.39, 0.29) is 5.41 Å². The predicted octanol–water partition coefficient (Wildman–Crippen LogP) is 4.31. The summed E-state index contributed by atoms with van der Waals surface area (Å²) in [4.78, 5) is 8.86. The lowest BCUT2D eigenvalue weighted by atomic mass is 9.93. The zero-order chi connectivity index (χ0) is 13.9. The number of aromatic nitrogens is 2. The molecule has 0 saturated heterocycles. The molecule has 2 heterocycles. The molecule has 0 aliphatic heterocycles. The fourth-order valence-corrected chi connectivity index (χ4v) is 2.71. The molecule has 0 atom stereocenters. The van der Waals surface area contributed by atoms with Gasteiger partial charge >= 0.3 is 0 Å². The highest BCUT2D eigenvalue weighted by Crippen LogP contribution is 2.24. The summed E-state index contributed by atoms with van der Waals surface area (Å²) in [6, 6.07) is 3.88.